The molecule has 0 atom stereocenters. The molecule has 24 heavy (non-hydrogen) atoms. The summed E-state index contributed by atoms with van der Waals surface area (Å²) >= 11 is 0. The van der Waals surface area contributed by atoms with Crippen LogP contribution in [0.5, 0.6) is 0 Å². The van der Waals surface area contributed by atoms with Crippen molar-refractivity contribution in [2.24, 2.45) is 10.7 Å². The number of alkyl carbamates (subject to hydrolysis) is 1. The molecule has 3 N–H and O–H groups in total. The van der Waals surface area contributed by atoms with E-state index in [9.17, 15) is 9.59 Å². The van der Waals surface area contributed by atoms with Gasteiger partial charge in [-0.15, -0.1) is 0 Å². The molecule has 0 unspecified atom stereocenters. The minimum atomic E-state index is -0.543. The number of amides is 1. The standard InChI is InChI=1S/C18H25N3O3/c1-18(2,3)24-17(23)21-10-9-20-16(15(12-19)13-22)11-14-7-5-4-6-8-14/h4-8,12-13H,9-11,19H2,1-3H3,(H,21,23)/b15-12-,20-16?. The first-order chi connectivity index (χ1) is 11.4. The summed E-state index contributed by atoms with van der Waals surface area (Å²) in [5, 5.41) is 2.63. The zero-order valence-corrected chi connectivity index (χ0v) is 14.4. The smallest absolute Gasteiger partial charge is 0.407 e. The van der Waals surface area contributed by atoms with Gasteiger partial charge in [0.05, 0.1) is 17.8 Å². The summed E-state index contributed by atoms with van der Waals surface area (Å²) in [6, 6.07) is 9.67. The van der Waals surface area contributed by atoms with Crippen molar-refractivity contribution in [2.45, 2.75) is 32.8 Å². The Morgan fingerprint density at radius 2 is 1.96 bits per heavy atom. The third kappa shape index (κ3) is 7.58. The molecular formula is C18H25N3O3. The van der Waals surface area contributed by atoms with E-state index in [1.165, 1.54) is 6.20 Å². The number of hydrogen-bond donors (Lipinski definition) is 2. The van der Waals surface area contributed by atoms with Crippen LogP contribution in [0.3, 0.4) is 0 Å². The van der Waals surface area contributed by atoms with Crippen LogP contribution >= 0.6 is 0 Å². The summed E-state index contributed by atoms with van der Waals surface area (Å²) in [5.41, 5.74) is 6.91. The van der Waals surface area contributed by atoms with Crippen molar-refractivity contribution in [3.63, 3.8) is 0 Å². The molecule has 0 aliphatic carbocycles. The fourth-order valence-electron chi connectivity index (χ4n) is 1.90. The Morgan fingerprint density at radius 1 is 1.29 bits per heavy atom. The second-order valence-electron chi connectivity index (χ2n) is 6.16. The van der Waals surface area contributed by atoms with Gasteiger partial charge >= 0.3 is 6.09 Å². The molecule has 1 aromatic carbocycles. The number of carbonyl (C=O) groups is 2. The minimum Gasteiger partial charge on any atom is -0.444 e. The lowest BCUT2D eigenvalue weighted by Crippen LogP contribution is -2.33. The van der Waals surface area contributed by atoms with E-state index in [1.807, 2.05) is 30.3 Å². The summed E-state index contributed by atoms with van der Waals surface area (Å²) in [4.78, 5) is 27.1. The van der Waals surface area contributed by atoms with Gasteiger partial charge in [0, 0.05) is 19.2 Å². The minimum absolute atomic E-state index is 0.309. The van der Waals surface area contributed by atoms with Crippen LogP contribution in [0, 0.1) is 0 Å². The highest BCUT2D eigenvalue weighted by Gasteiger charge is 2.15. The van der Waals surface area contributed by atoms with E-state index in [4.69, 9.17) is 10.5 Å². The van der Waals surface area contributed by atoms with E-state index in [-0.39, 0.29) is 0 Å². The predicted molar refractivity (Wildman–Crippen MR) is 95.0 cm³/mol. The number of allylic oxidation sites excluding steroid dienone is 1. The van der Waals surface area contributed by atoms with Crippen LogP contribution in [-0.4, -0.2) is 36.8 Å². The van der Waals surface area contributed by atoms with Crippen LogP contribution in [0.1, 0.15) is 26.3 Å². The summed E-state index contributed by atoms with van der Waals surface area (Å²) in [6.07, 6.45) is 1.93. The van der Waals surface area contributed by atoms with Crippen LogP contribution in [0.25, 0.3) is 0 Å². The fraction of sp³-hybridized carbons (Fsp3) is 0.389. The maximum absolute atomic E-state index is 11.6. The van der Waals surface area contributed by atoms with Crippen LogP contribution in [-0.2, 0) is 16.0 Å². The topological polar surface area (TPSA) is 93.8 Å². The summed E-state index contributed by atoms with van der Waals surface area (Å²) in [7, 11) is 0. The van der Waals surface area contributed by atoms with E-state index in [2.05, 4.69) is 10.3 Å². The number of carbonyl (C=O) groups excluding carboxylic acids is 2. The number of benzene rings is 1. The van der Waals surface area contributed by atoms with Gasteiger partial charge in [0.15, 0.2) is 6.29 Å². The quantitative estimate of drug-likeness (QED) is 0.347. The third-order valence-corrected chi connectivity index (χ3v) is 2.94. The molecular weight excluding hydrogens is 306 g/mol. The molecule has 0 spiro atoms. The molecule has 6 nitrogen and oxygen atoms in total. The second-order valence-corrected chi connectivity index (χ2v) is 6.16. The zero-order valence-electron chi connectivity index (χ0n) is 14.4. The Bertz CT molecular complexity index is 602. The Morgan fingerprint density at radius 3 is 2.50 bits per heavy atom. The molecule has 0 aromatic heterocycles. The van der Waals surface area contributed by atoms with Crippen molar-refractivity contribution in [3.05, 3.63) is 47.7 Å². The Balaban J connectivity index is 2.65. The first-order valence-electron chi connectivity index (χ1n) is 7.77. The largest absolute Gasteiger partial charge is 0.444 e. The molecule has 0 radical (unpaired) electrons. The van der Waals surface area contributed by atoms with E-state index in [0.717, 1.165) is 5.56 Å². The molecule has 1 rings (SSSR count). The van der Waals surface area contributed by atoms with E-state index in [1.54, 1.807) is 20.8 Å². The average Bonchev–Trinajstić information content (AvgIpc) is 2.51. The molecule has 6 heteroatoms. The van der Waals surface area contributed by atoms with Crippen molar-refractivity contribution >= 4 is 18.1 Å². The van der Waals surface area contributed by atoms with Gasteiger partial charge in [-0.1, -0.05) is 30.3 Å². The first-order valence-corrected chi connectivity index (χ1v) is 7.77. The van der Waals surface area contributed by atoms with Crippen molar-refractivity contribution in [3.8, 4) is 0 Å². The molecule has 0 saturated carbocycles. The molecule has 1 amide bonds. The summed E-state index contributed by atoms with van der Waals surface area (Å²) in [5.74, 6) is 0. The Labute approximate surface area is 142 Å². The fourth-order valence-corrected chi connectivity index (χ4v) is 1.90. The van der Waals surface area contributed by atoms with E-state index >= 15 is 0 Å². The third-order valence-electron chi connectivity index (χ3n) is 2.94. The van der Waals surface area contributed by atoms with Crippen molar-refractivity contribution in [1.82, 2.24) is 5.32 Å². The monoisotopic (exact) mass is 331 g/mol. The number of aldehydes is 1. The number of ether oxygens (including phenoxy) is 1. The molecule has 1 aromatic rings. The van der Waals surface area contributed by atoms with Crippen molar-refractivity contribution < 1.29 is 14.3 Å². The SMILES string of the molecule is CC(C)(C)OC(=O)NCCN=C(Cc1ccccc1)/C(C=O)=C\N. The van der Waals surface area contributed by atoms with Gasteiger partial charge in [0.25, 0.3) is 0 Å². The molecule has 130 valence electrons. The second kappa shape index (κ2) is 9.50. The highest BCUT2D eigenvalue weighted by atomic mass is 16.6. The van der Waals surface area contributed by atoms with Gasteiger partial charge in [-0.2, -0.15) is 0 Å². The lowest BCUT2D eigenvalue weighted by Gasteiger charge is -2.19. The molecule has 0 fully saturated rings. The Hall–Kier alpha value is -2.63. The predicted octanol–water partition coefficient (Wildman–Crippen LogP) is 2.24. The first kappa shape index (κ1) is 19.4. The van der Waals surface area contributed by atoms with Crippen LogP contribution in [0.2, 0.25) is 0 Å². The number of hydrogen-bond acceptors (Lipinski definition) is 5. The Kier molecular flexibility index (Phi) is 7.68. The number of rotatable bonds is 7. The molecule has 0 saturated heterocycles. The van der Waals surface area contributed by atoms with Gasteiger partial charge in [-0.05, 0) is 26.3 Å². The highest BCUT2D eigenvalue weighted by Crippen LogP contribution is 2.07. The van der Waals surface area contributed by atoms with Crippen molar-refractivity contribution in [2.75, 3.05) is 13.1 Å². The van der Waals surface area contributed by atoms with Crippen molar-refractivity contribution in [1.29, 1.82) is 0 Å². The number of nitrogens with zero attached hydrogens (tertiary/aromatic N) is 1. The van der Waals surface area contributed by atoms with Gasteiger partial charge < -0.3 is 15.8 Å². The van der Waals surface area contributed by atoms with Gasteiger partial charge in [-0.3, -0.25) is 9.79 Å². The van der Waals surface area contributed by atoms with Gasteiger partial charge in [-0.25, -0.2) is 4.79 Å². The lowest BCUT2D eigenvalue weighted by molar-refractivity contribution is -0.104. The van der Waals surface area contributed by atoms with Crippen LogP contribution in [0.15, 0.2) is 47.1 Å². The molecule has 0 bridgehead atoms. The van der Waals surface area contributed by atoms with Gasteiger partial charge in [0.1, 0.15) is 5.60 Å². The molecule has 0 aliphatic heterocycles. The average molecular weight is 331 g/mol. The maximum atomic E-state index is 11.6. The zero-order chi connectivity index (χ0) is 18.0. The number of aliphatic imine (C=N–C) groups is 1. The maximum Gasteiger partial charge on any atom is 0.407 e. The lowest BCUT2D eigenvalue weighted by atomic mass is 10.0. The van der Waals surface area contributed by atoms with Crippen LogP contribution in [0.4, 0.5) is 4.79 Å². The molecule has 0 heterocycles. The highest BCUT2D eigenvalue weighted by molar-refractivity contribution is 6.15. The summed E-state index contributed by atoms with van der Waals surface area (Å²) in [6.45, 7) is 6.03. The van der Waals surface area contributed by atoms with E-state index < -0.39 is 11.7 Å². The number of nitrogens with two attached hydrogens (primary N) is 1. The van der Waals surface area contributed by atoms with E-state index in [0.29, 0.717) is 37.1 Å². The molecule has 0 aliphatic rings. The normalized spacial score (nSPS) is 12.6. The summed E-state index contributed by atoms with van der Waals surface area (Å²) < 4.78 is 5.14. The number of nitrogens with one attached hydrogen (secondary N) is 1. The van der Waals surface area contributed by atoms with Crippen LogP contribution < -0.4 is 11.1 Å². The van der Waals surface area contributed by atoms with Gasteiger partial charge in [0.2, 0.25) is 0 Å².